The normalized spacial score (nSPS) is 13.7. The number of hydrogen-bond acceptors (Lipinski definition) is 3. The summed E-state index contributed by atoms with van der Waals surface area (Å²) in [5, 5.41) is -0.976. The van der Waals surface area contributed by atoms with Gasteiger partial charge in [0.25, 0.3) is 10.1 Å². The molecule has 1 heterocycles. The SMILES string of the molecule is C=Cc1cnc(C(CCC)S(=O)(=O)O)[nH]1. The Kier molecular flexibility index (Phi) is 3.65. The zero-order valence-electron chi connectivity index (χ0n) is 8.47. The minimum atomic E-state index is -4.10. The van der Waals surface area contributed by atoms with Crippen LogP contribution in [-0.4, -0.2) is 22.9 Å². The third-order valence-corrected chi connectivity index (χ3v) is 3.23. The number of aromatic nitrogens is 2. The van der Waals surface area contributed by atoms with Gasteiger partial charge in [0.2, 0.25) is 0 Å². The number of nitrogens with one attached hydrogen (secondary N) is 1. The Balaban J connectivity index is 3.04. The van der Waals surface area contributed by atoms with Crippen molar-refractivity contribution >= 4 is 16.2 Å². The molecule has 6 heteroatoms. The molecule has 0 aromatic carbocycles. The van der Waals surface area contributed by atoms with E-state index in [1.165, 1.54) is 12.3 Å². The van der Waals surface area contributed by atoms with Gasteiger partial charge in [-0.05, 0) is 12.5 Å². The van der Waals surface area contributed by atoms with Crippen molar-refractivity contribution in [2.75, 3.05) is 0 Å². The van der Waals surface area contributed by atoms with Gasteiger partial charge in [-0.15, -0.1) is 0 Å². The molecule has 0 aliphatic rings. The molecule has 0 radical (unpaired) electrons. The quantitative estimate of drug-likeness (QED) is 0.755. The molecule has 15 heavy (non-hydrogen) atoms. The Morgan fingerprint density at radius 1 is 1.73 bits per heavy atom. The minimum Gasteiger partial charge on any atom is -0.341 e. The Hall–Kier alpha value is -1.14. The van der Waals surface area contributed by atoms with Crippen LogP contribution in [0.5, 0.6) is 0 Å². The zero-order chi connectivity index (χ0) is 11.5. The van der Waals surface area contributed by atoms with Gasteiger partial charge in [0.15, 0.2) is 0 Å². The summed E-state index contributed by atoms with van der Waals surface area (Å²) in [6.45, 7) is 5.37. The summed E-state index contributed by atoms with van der Waals surface area (Å²) in [5.41, 5.74) is 0.634. The van der Waals surface area contributed by atoms with Crippen molar-refractivity contribution < 1.29 is 13.0 Å². The Bertz CT molecular complexity index is 436. The monoisotopic (exact) mass is 230 g/mol. The van der Waals surface area contributed by atoms with Crippen molar-refractivity contribution in [3.63, 3.8) is 0 Å². The second kappa shape index (κ2) is 4.59. The van der Waals surface area contributed by atoms with Gasteiger partial charge >= 0.3 is 0 Å². The van der Waals surface area contributed by atoms with E-state index in [9.17, 15) is 8.42 Å². The van der Waals surface area contributed by atoms with Crippen LogP contribution in [0.25, 0.3) is 6.08 Å². The fourth-order valence-electron chi connectivity index (χ4n) is 1.31. The summed E-state index contributed by atoms with van der Waals surface area (Å²) < 4.78 is 31.2. The summed E-state index contributed by atoms with van der Waals surface area (Å²) in [6, 6.07) is 0. The fraction of sp³-hybridized carbons (Fsp3) is 0.444. The van der Waals surface area contributed by atoms with E-state index in [0.717, 1.165) is 0 Å². The van der Waals surface area contributed by atoms with Crippen molar-refractivity contribution in [3.8, 4) is 0 Å². The molecule has 84 valence electrons. The standard InChI is InChI=1S/C9H14N2O3S/c1-3-5-8(15(12,13)14)9-10-6-7(4-2)11-9/h4,6,8H,2-3,5H2,1H3,(H,10,11)(H,12,13,14). The Morgan fingerprint density at radius 2 is 2.40 bits per heavy atom. The van der Waals surface area contributed by atoms with Crippen LogP contribution < -0.4 is 0 Å². The van der Waals surface area contributed by atoms with Crippen LogP contribution in [0, 0.1) is 0 Å². The lowest BCUT2D eigenvalue weighted by atomic mass is 10.2. The molecule has 0 saturated heterocycles. The predicted molar refractivity (Wildman–Crippen MR) is 57.9 cm³/mol. The van der Waals surface area contributed by atoms with Crippen molar-refractivity contribution in [2.45, 2.75) is 25.0 Å². The average Bonchev–Trinajstić information content (AvgIpc) is 2.60. The van der Waals surface area contributed by atoms with Gasteiger partial charge in [0.1, 0.15) is 11.1 Å². The van der Waals surface area contributed by atoms with Gasteiger partial charge < -0.3 is 4.98 Å². The zero-order valence-corrected chi connectivity index (χ0v) is 9.29. The first-order valence-electron chi connectivity index (χ1n) is 4.62. The number of hydrogen-bond donors (Lipinski definition) is 2. The van der Waals surface area contributed by atoms with Crippen LogP contribution in [0.4, 0.5) is 0 Å². The molecule has 1 aromatic heterocycles. The maximum absolute atomic E-state index is 11.1. The highest BCUT2D eigenvalue weighted by Gasteiger charge is 2.26. The van der Waals surface area contributed by atoms with Crippen molar-refractivity contribution in [2.24, 2.45) is 0 Å². The van der Waals surface area contributed by atoms with Gasteiger partial charge in [0.05, 0.1) is 11.9 Å². The van der Waals surface area contributed by atoms with Crippen LogP contribution in [0.2, 0.25) is 0 Å². The summed E-state index contributed by atoms with van der Waals surface area (Å²) in [7, 11) is -4.10. The van der Waals surface area contributed by atoms with E-state index in [0.29, 0.717) is 18.5 Å². The van der Waals surface area contributed by atoms with E-state index in [1.807, 2.05) is 6.92 Å². The first-order chi connectivity index (χ1) is 6.99. The van der Waals surface area contributed by atoms with E-state index >= 15 is 0 Å². The van der Waals surface area contributed by atoms with Gasteiger partial charge in [-0.25, -0.2) is 4.98 Å². The maximum Gasteiger partial charge on any atom is 0.275 e. The molecule has 0 aliphatic heterocycles. The van der Waals surface area contributed by atoms with E-state index in [1.54, 1.807) is 0 Å². The smallest absolute Gasteiger partial charge is 0.275 e. The highest BCUT2D eigenvalue weighted by molar-refractivity contribution is 7.86. The van der Waals surface area contributed by atoms with E-state index in [2.05, 4.69) is 16.5 Å². The summed E-state index contributed by atoms with van der Waals surface area (Å²) in [5.74, 6) is 0.259. The number of rotatable bonds is 5. The van der Waals surface area contributed by atoms with Crippen LogP contribution in [0.1, 0.15) is 36.5 Å². The summed E-state index contributed by atoms with van der Waals surface area (Å²) >= 11 is 0. The number of nitrogens with zero attached hydrogens (tertiary/aromatic N) is 1. The van der Waals surface area contributed by atoms with Crippen molar-refractivity contribution in [1.82, 2.24) is 9.97 Å². The first kappa shape index (κ1) is 11.9. The highest BCUT2D eigenvalue weighted by Crippen LogP contribution is 2.24. The molecule has 0 spiro atoms. The van der Waals surface area contributed by atoms with Crippen molar-refractivity contribution in [1.29, 1.82) is 0 Å². The van der Waals surface area contributed by atoms with Crippen LogP contribution in [-0.2, 0) is 10.1 Å². The molecule has 0 amide bonds. The minimum absolute atomic E-state index is 0.259. The lowest BCUT2D eigenvalue weighted by molar-refractivity contribution is 0.460. The molecule has 2 N–H and O–H groups in total. The number of aromatic amines is 1. The molecule has 5 nitrogen and oxygen atoms in total. The summed E-state index contributed by atoms with van der Waals surface area (Å²) in [4.78, 5) is 6.69. The Labute approximate surface area is 89.0 Å². The summed E-state index contributed by atoms with van der Waals surface area (Å²) in [6.07, 6.45) is 4.00. The third kappa shape index (κ3) is 2.90. The molecule has 0 aliphatic carbocycles. The topological polar surface area (TPSA) is 83.1 Å². The largest absolute Gasteiger partial charge is 0.341 e. The second-order valence-corrected chi connectivity index (χ2v) is 4.82. The molecule has 1 rings (SSSR count). The molecular weight excluding hydrogens is 216 g/mol. The van der Waals surface area contributed by atoms with Gasteiger partial charge in [0, 0.05) is 0 Å². The Morgan fingerprint density at radius 3 is 2.80 bits per heavy atom. The second-order valence-electron chi connectivity index (χ2n) is 3.22. The average molecular weight is 230 g/mol. The fourth-order valence-corrected chi connectivity index (χ4v) is 2.24. The molecule has 1 atom stereocenters. The van der Waals surface area contributed by atoms with E-state index in [4.69, 9.17) is 4.55 Å². The van der Waals surface area contributed by atoms with Gasteiger partial charge in [-0.3, -0.25) is 4.55 Å². The maximum atomic E-state index is 11.1. The first-order valence-corrected chi connectivity index (χ1v) is 6.13. The molecule has 0 saturated carbocycles. The van der Waals surface area contributed by atoms with Gasteiger partial charge in [-0.2, -0.15) is 8.42 Å². The molecule has 0 bridgehead atoms. The van der Waals surface area contributed by atoms with Crippen LogP contribution in [0.15, 0.2) is 12.8 Å². The highest BCUT2D eigenvalue weighted by atomic mass is 32.2. The van der Waals surface area contributed by atoms with E-state index in [-0.39, 0.29) is 5.82 Å². The van der Waals surface area contributed by atoms with Gasteiger partial charge in [-0.1, -0.05) is 19.9 Å². The lowest BCUT2D eigenvalue weighted by Crippen LogP contribution is -2.13. The lowest BCUT2D eigenvalue weighted by Gasteiger charge is -2.09. The molecule has 1 unspecified atom stereocenters. The number of H-pyrrole nitrogens is 1. The third-order valence-electron chi connectivity index (χ3n) is 2.05. The van der Waals surface area contributed by atoms with E-state index < -0.39 is 15.4 Å². The predicted octanol–water partition coefficient (Wildman–Crippen LogP) is 1.78. The molecule has 1 aromatic rings. The van der Waals surface area contributed by atoms with Crippen molar-refractivity contribution in [3.05, 3.63) is 24.3 Å². The molecule has 0 fully saturated rings. The van der Waals surface area contributed by atoms with Crippen LogP contribution in [0.3, 0.4) is 0 Å². The number of imidazole rings is 1. The molecular formula is C9H14N2O3S. The van der Waals surface area contributed by atoms with Crippen LogP contribution >= 0.6 is 0 Å².